The van der Waals surface area contributed by atoms with E-state index in [9.17, 15) is 13.2 Å². The molecule has 3 aromatic rings. The molecule has 0 heterocycles. The molecule has 0 saturated heterocycles. The second kappa shape index (κ2) is 12.5. The van der Waals surface area contributed by atoms with Crippen LogP contribution in [0, 0.1) is 0 Å². The minimum atomic E-state index is -4.12. The second-order valence-electron chi connectivity index (χ2n) is 7.81. The number of ether oxygens (including phenoxy) is 3. The number of aryl methyl sites for hydroxylation is 1. The van der Waals surface area contributed by atoms with Gasteiger partial charge in [0.05, 0.1) is 31.9 Å². The Labute approximate surface area is 216 Å². The lowest BCUT2D eigenvalue weighted by molar-refractivity contribution is -0.119. The molecular weight excluding hydrogens is 504 g/mol. The van der Waals surface area contributed by atoms with Crippen LogP contribution in [0.25, 0.3) is 0 Å². The van der Waals surface area contributed by atoms with Gasteiger partial charge in [0, 0.05) is 17.6 Å². The molecule has 0 radical (unpaired) electrons. The number of methoxy groups -OCH3 is 3. The fourth-order valence-corrected chi connectivity index (χ4v) is 5.09. The maximum Gasteiger partial charge on any atom is 0.264 e. The van der Waals surface area contributed by atoms with E-state index in [4.69, 9.17) is 25.8 Å². The van der Waals surface area contributed by atoms with Crippen molar-refractivity contribution >= 4 is 33.2 Å². The first-order chi connectivity index (χ1) is 17.3. The Morgan fingerprint density at radius 1 is 0.889 bits per heavy atom. The highest BCUT2D eigenvalue weighted by Crippen LogP contribution is 2.32. The Balaban J connectivity index is 1.74. The summed E-state index contributed by atoms with van der Waals surface area (Å²) in [6.45, 7) is -0.00340. The van der Waals surface area contributed by atoms with E-state index in [2.05, 4.69) is 5.32 Å². The third kappa shape index (κ3) is 6.83. The van der Waals surface area contributed by atoms with Crippen LogP contribution in [0.2, 0.25) is 5.02 Å². The molecule has 1 amide bonds. The standard InChI is InChI=1S/C26H29ClN2O6S/c1-33-22-12-6-19(7-13-22)5-4-16-28-26(30)18-29(21-10-8-20(27)9-11-21)36(31,32)23-14-15-24(34-2)25(17-23)35-3/h6-15,17H,4-5,16,18H2,1-3H3,(H,28,30). The van der Waals surface area contributed by atoms with Gasteiger partial charge in [-0.3, -0.25) is 9.10 Å². The molecule has 36 heavy (non-hydrogen) atoms. The summed E-state index contributed by atoms with van der Waals surface area (Å²) < 4.78 is 43.9. The Morgan fingerprint density at radius 2 is 1.56 bits per heavy atom. The molecule has 192 valence electrons. The highest BCUT2D eigenvalue weighted by molar-refractivity contribution is 7.92. The van der Waals surface area contributed by atoms with Gasteiger partial charge in [0.25, 0.3) is 10.0 Å². The lowest BCUT2D eigenvalue weighted by atomic mass is 10.1. The van der Waals surface area contributed by atoms with Crippen LogP contribution in [0.3, 0.4) is 0 Å². The summed E-state index contributed by atoms with van der Waals surface area (Å²) in [6, 6.07) is 18.2. The molecule has 0 saturated carbocycles. The van der Waals surface area contributed by atoms with Crippen LogP contribution in [-0.4, -0.2) is 48.7 Å². The molecule has 0 aliphatic carbocycles. The average molecular weight is 533 g/mol. The van der Waals surface area contributed by atoms with Crippen LogP contribution in [0.4, 0.5) is 5.69 Å². The number of anilines is 1. The molecule has 0 bridgehead atoms. The third-order valence-corrected chi connectivity index (χ3v) is 7.49. The predicted octanol–water partition coefficient (Wildman–Crippen LogP) is 4.31. The van der Waals surface area contributed by atoms with Crippen molar-refractivity contribution in [1.82, 2.24) is 5.32 Å². The van der Waals surface area contributed by atoms with Crippen LogP contribution >= 0.6 is 11.6 Å². The number of benzene rings is 3. The van der Waals surface area contributed by atoms with Gasteiger partial charge in [0.15, 0.2) is 11.5 Å². The fraction of sp³-hybridized carbons (Fsp3) is 0.269. The Hall–Kier alpha value is -3.43. The number of rotatable bonds is 12. The molecule has 1 N–H and O–H groups in total. The first-order valence-electron chi connectivity index (χ1n) is 11.2. The van der Waals surface area contributed by atoms with Gasteiger partial charge in [-0.1, -0.05) is 23.7 Å². The number of carbonyl (C=O) groups is 1. The molecule has 0 aliphatic heterocycles. The molecule has 0 aliphatic rings. The number of halogens is 1. The van der Waals surface area contributed by atoms with E-state index in [-0.39, 0.29) is 10.6 Å². The summed E-state index contributed by atoms with van der Waals surface area (Å²) >= 11 is 5.99. The van der Waals surface area contributed by atoms with Gasteiger partial charge in [-0.25, -0.2) is 8.42 Å². The largest absolute Gasteiger partial charge is 0.497 e. The van der Waals surface area contributed by atoms with Crippen LogP contribution in [0.1, 0.15) is 12.0 Å². The van der Waals surface area contributed by atoms with E-state index in [1.165, 1.54) is 32.4 Å². The van der Waals surface area contributed by atoms with Gasteiger partial charge in [0.1, 0.15) is 12.3 Å². The van der Waals surface area contributed by atoms with Gasteiger partial charge in [-0.05, 0) is 66.9 Å². The number of amides is 1. The summed E-state index contributed by atoms with van der Waals surface area (Å²) in [5.41, 5.74) is 1.42. The highest BCUT2D eigenvalue weighted by Gasteiger charge is 2.28. The van der Waals surface area contributed by atoms with Crippen molar-refractivity contribution in [2.75, 3.05) is 38.7 Å². The first-order valence-corrected chi connectivity index (χ1v) is 13.0. The van der Waals surface area contributed by atoms with Crippen molar-refractivity contribution in [2.24, 2.45) is 0 Å². The van der Waals surface area contributed by atoms with Crippen molar-refractivity contribution in [3.05, 3.63) is 77.3 Å². The smallest absolute Gasteiger partial charge is 0.264 e. The monoisotopic (exact) mass is 532 g/mol. The average Bonchev–Trinajstić information content (AvgIpc) is 2.90. The zero-order chi connectivity index (χ0) is 26.1. The zero-order valence-corrected chi connectivity index (χ0v) is 21.9. The van der Waals surface area contributed by atoms with E-state index < -0.39 is 22.5 Å². The summed E-state index contributed by atoms with van der Waals surface area (Å²) in [5.74, 6) is 1.01. The molecule has 0 unspecified atom stereocenters. The van der Waals surface area contributed by atoms with E-state index in [1.54, 1.807) is 31.4 Å². The Morgan fingerprint density at radius 3 is 2.17 bits per heavy atom. The predicted molar refractivity (Wildman–Crippen MR) is 140 cm³/mol. The van der Waals surface area contributed by atoms with E-state index in [0.29, 0.717) is 29.4 Å². The second-order valence-corrected chi connectivity index (χ2v) is 10.1. The van der Waals surface area contributed by atoms with Crippen molar-refractivity contribution in [1.29, 1.82) is 0 Å². The zero-order valence-electron chi connectivity index (χ0n) is 20.4. The maximum absolute atomic E-state index is 13.6. The summed E-state index contributed by atoms with van der Waals surface area (Å²) in [7, 11) is 0.381. The molecule has 3 aromatic carbocycles. The van der Waals surface area contributed by atoms with E-state index >= 15 is 0 Å². The van der Waals surface area contributed by atoms with Crippen molar-refractivity contribution in [2.45, 2.75) is 17.7 Å². The summed E-state index contributed by atoms with van der Waals surface area (Å²) in [6.07, 6.45) is 1.45. The Bertz CT molecular complexity index is 1260. The van der Waals surface area contributed by atoms with Crippen molar-refractivity contribution in [3.63, 3.8) is 0 Å². The third-order valence-electron chi connectivity index (χ3n) is 5.47. The van der Waals surface area contributed by atoms with E-state index in [0.717, 1.165) is 22.0 Å². The number of hydrogen-bond donors (Lipinski definition) is 1. The number of hydrogen-bond acceptors (Lipinski definition) is 6. The van der Waals surface area contributed by atoms with E-state index in [1.807, 2.05) is 24.3 Å². The molecule has 8 nitrogen and oxygen atoms in total. The maximum atomic E-state index is 13.6. The Kier molecular flexibility index (Phi) is 9.44. The first kappa shape index (κ1) is 27.2. The fourth-order valence-electron chi connectivity index (χ4n) is 3.53. The van der Waals surface area contributed by atoms with Crippen molar-refractivity contribution < 1.29 is 27.4 Å². The molecule has 3 rings (SSSR count). The van der Waals surface area contributed by atoms with Gasteiger partial charge in [-0.15, -0.1) is 0 Å². The minimum absolute atomic E-state index is 0.0394. The van der Waals surface area contributed by atoms with Crippen LogP contribution < -0.4 is 23.8 Å². The van der Waals surface area contributed by atoms with Crippen LogP contribution in [0.5, 0.6) is 17.2 Å². The lowest BCUT2D eigenvalue weighted by Crippen LogP contribution is -2.41. The molecular formula is C26H29ClN2O6S. The van der Waals surface area contributed by atoms with Crippen LogP contribution in [0.15, 0.2) is 71.6 Å². The molecule has 0 aromatic heterocycles. The molecule has 0 atom stereocenters. The van der Waals surface area contributed by atoms with Crippen molar-refractivity contribution in [3.8, 4) is 17.2 Å². The quantitative estimate of drug-likeness (QED) is 0.349. The molecule has 0 spiro atoms. The molecule has 10 heteroatoms. The van der Waals surface area contributed by atoms with Gasteiger partial charge >= 0.3 is 0 Å². The number of nitrogens with one attached hydrogen (secondary N) is 1. The lowest BCUT2D eigenvalue weighted by Gasteiger charge is -2.24. The van der Waals surface area contributed by atoms with Crippen LogP contribution in [-0.2, 0) is 21.2 Å². The normalized spacial score (nSPS) is 11.0. The number of carbonyl (C=O) groups excluding carboxylic acids is 1. The SMILES string of the molecule is COc1ccc(CCCNC(=O)CN(c2ccc(Cl)cc2)S(=O)(=O)c2ccc(OC)c(OC)c2)cc1. The van der Waals surface area contributed by atoms with Gasteiger partial charge in [0.2, 0.25) is 5.91 Å². The van der Waals surface area contributed by atoms with Gasteiger partial charge < -0.3 is 19.5 Å². The topological polar surface area (TPSA) is 94.2 Å². The minimum Gasteiger partial charge on any atom is -0.497 e. The number of nitrogens with zero attached hydrogens (tertiary/aromatic N) is 1. The molecule has 0 fully saturated rings. The van der Waals surface area contributed by atoms with Gasteiger partial charge in [-0.2, -0.15) is 0 Å². The summed E-state index contributed by atoms with van der Waals surface area (Å²) in [4.78, 5) is 12.7. The summed E-state index contributed by atoms with van der Waals surface area (Å²) in [5, 5.41) is 3.26. The highest BCUT2D eigenvalue weighted by atomic mass is 35.5. The number of sulfonamides is 1.